The average molecular weight is 668 g/mol. The van der Waals surface area contributed by atoms with Crippen LogP contribution in [0, 0.1) is 25.7 Å². The highest BCUT2D eigenvalue weighted by Gasteiger charge is 2.33. The molecule has 1 aliphatic heterocycles. The second-order valence-corrected chi connectivity index (χ2v) is 12.4. The van der Waals surface area contributed by atoms with E-state index in [4.69, 9.17) is 19.6 Å². The number of aryl methyl sites for hydroxylation is 1. The van der Waals surface area contributed by atoms with Crippen LogP contribution in [0.5, 0.6) is 0 Å². The zero-order valence-corrected chi connectivity index (χ0v) is 28.9. The molecule has 0 saturated heterocycles. The molecule has 2 atom stereocenters. The predicted molar refractivity (Wildman–Crippen MR) is 180 cm³/mol. The molecule has 1 aliphatic carbocycles. The molecular weight excluding hydrogens is 622 g/mol. The fourth-order valence-corrected chi connectivity index (χ4v) is 5.31. The van der Waals surface area contributed by atoms with Crippen LogP contribution in [-0.2, 0) is 23.9 Å². The number of rotatable bonds is 13. The fourth-order valence-electron chi connectivity index (χ4n) is 5.31. The molecule has 0 bridgehead atoms. The third-order valence-electron chi connectivity index (χ3n) is 7.53. The first-order valence-corrected chi connectivity index (χ1v) is 15.9. The molecule has 0 radical (unpaired) electrons. The lowest BCUT2D eigenvalue weighted by Gasteiger charge is -2.22. The Bertz CT molecular complexity index is 1760. The van der Waals surface area contributed by atoms with Gasteiger partial charge in [-0.2, -0.15) is 0 Å². The first kappa shape index (κ1) is 37.4. The molecule has 1 heterocycles. The Labute approximate surface area is 278 Å². The number of nitrogens with two attached hydrogens (primary N) is 1. The summed E-state index contributed by atoms with van der Waals surface area (Å²) < 4.78 is 16.6. The van der Waals surface area contributed by atoms with Gasteiger partial charge in [0, 0.05) is 23.7 Å². The molecule has 5 N–H and O–H groups in total. The van der Waals surface area contributed by atoms with E-state index in [1.165, 1.54) is 19.9 Å². The number of esters is 2. The van der Waals surface area contributed by atoms with E-state index < -0.39 is 52.9 Å². The van der Waals surface area contributed by atoms with E-state index in [1.807, 2.05) is 27.7 Å². The molecule has 3 rings (SSSR count). The van der Waals surface area contributed by atoms with Crippen LogP contribution >= 0.6 is 0 Å². The maximum atomic E-state index is 13.9. The molecule has 14 heteroatoms. The molecule has 0 aromatic heterocycles. The number of amides is 3. The second-order valence-electron chi connectivity index (χ2n) is 12.4. The number of benzene rings is 2. The van der Waals surface area contributed by atoms with Gasteiger partial charge in [0.2, 0.25) is 11.3 Å². The Morgan fingerprint density at radius 1 is 0.875 bits per heavy atom. The maximum Gasteiger partial charge on any atom is 0.328 e. The van der Waals surface area contributed by atoms with E-state index >= 15 is 0 Å². The van der Waals surface area contributed by atoms with Crippen molar-refractivity contribution in [3.05, 3.63) is 38.5 Å². The first-order chi connectivity index (χ1) is 22.5. The number of hydrogen-bond donors (Lipinski definition) is 4. The largest absolute Gasteiger partial charge is 0.464 e. The van der Waals surface area contributed by atoms with Gasteiger partial charge in [-0.1, -0.05) is 27.7 Å². The lowest BCUT2D eigenvalue weighted by Crippen LogP contribution is -2.43. The van der Waals surface area contributed by atoms with Crippen LogP contribution in [0.15, 0.2) is 15.3 Å². The van der Waals surface area contributed by atoms with E-state index in [1.54, 1.807) is 20.8 Å². The van der Waals surface area contributed by atoms with Gasteiger partial charge >= 0.3 is 11.9 Å². The van der Waals surface area contributed by atoms with Crippen LogP contribution in [0.25, 0.3) is 22.6 Å². The number of ether oxygens (including phenoxy) is 2. The molecule has 14 nitrogen and oxygen atoms in total. The normalized spacial score (nSPS) is 12.6. The van der Waals surface area contributed by atoms with Gasteiger partial charge in [-0.05, 0) is 58.4 Å². The molecular formula is C34H45N5O9. The second kappa shape index (κ2) is 15.7. The number of anilines is 2. The Hall–Kier alpha value is -5.01. The molecule has 260 valence electrons. The van der Waals surface area contributed by atoms with Gasteiger partial charge in [0.1, 0.15) is 23.3 Å². The molecule has 1 aromatic rings. The predicted octanol–water partition coefficient (Wildman–Crippen LogP) is 3.87. The highest BCUT2D eigenvalue weighted by Crippen LogP contribution is 2.37. The van der Waals surface area contributed by atoms with Gasteiger partial charge in [0.15, 0.2) is 11.3 Å². The van der Waals surface area contributed by atoms with E-state index in [0.717, 1.165) is 0 Å². The number of fused-ring (bicyclic) bond motifs is 2. The van der Waals surface area contributed by atoms with Crippen molar-refractivity contribution in [3.8, 4) is 11.5 Å². The van der Waals surface area contributed by atoms with Crippen molar-refractivity contribution in [1.82, 2.24) is 15.6 Å². The van der Waals surface area contributed by atoms with Gasteiger partial charge in [0.25, 0.3) is 11.8 Å². The molecule has 2 aliphatic rings. The SMILES string of the molecule is CCOC(=O)[C@H](CC(C)C)NC(=O)c1c2nc3c(C(=O)N[C@@H](CC(C)C)C(=O)OCC)cc(NC(C)=O)c(C)c3oc-2c(C)c(=O)c1N. The molecule has 3 amide bonds. The number of carbonyl (C=O) groups is 5. The Balaban J connectivity index is 2.35. The topological polar surface area (TPSA) is 209 Å². The smallest absolute Gasteiger partial charge is 0.328 e. The summed E-state index contributed by atoms with van der Waals surface area (Å²) in [5.74, 6) is -3.37. The van der Waals surface area contributed by atoms with E-state index in [-0.39, 0.29) is 82.8 Å². The van der Waals surface area contributed by atoms with Crippen LogP contribution in [0.1, 0.15) is 93.2 Å². The van der Waals surface area contributed by atoms with Gasteiger partial charge < -0.3 is 35.6 Å². The summed E-state index contributed by atoms with van der Waals surface area (Å²) in [5, 5.41) is 8.02. The van der Waals surface area contributed by atoms with E-state index in [9.17, 15) is 28.8 Å². The van der Waals surface area contributed by atoms with Crippen LogP contribution in [0.2, 0.25) is 0 Å². The van der Waals surface area contributed by atoms with Crippen LogP contribution in [-0.4, -0.2) is 59.9 Å². The standard InChI is InChI=1S/C34H45N5O9/c1-10-46-33(44)22(12-15(3)4)37-31(42)20-14-21(36-19(9)40)17(7)29-26(20)39-27-24(25(35)28(41)18(8)30(27)48-29)32(43)38-23(13-16(5)6)34(45)47-11-2/h14-16,22-23H,10-13,35H2,1-9H3,(H,36,40)(H,37,42)(H,38,43)/t22-,23-/m0/s1. The molecule has 48 heavy (non-hydrogen) atoms. The van der Waals surface area contributed by atoms with Crippen LogP contribution in [0.4, 0.5) is 11.4 Å². The lowest BCUT2D eigenvalue weighted by atomic mass is 9.98. The van der Waals surface area contributed by atoms with Crippen molar-refractivity contribution in [2.24, 2.45) is 11.8 Å². The maximum absolute atomic E-state index is 13.9. The Kier molecular flexibility index (Phi) is 12.3. The van der Waals surface area contributed by atoms with Crippen LogP contribution in [0.3, 0.4) is 0 Å². The third-order valence-corrected chi connectivity index (χ3v) is 7.53. The van der Waals surface area contributed by atoms with Gasteiger partial charge in [-0.3, -0.25) is 19.2 Å². The van der Waals surface area contributed by atoms with Crippen LogP contribution < -0.4 is 27.1 Å². The Morgan fingerprint density at radius 2 is 1.40 bits per heavy atom. The number of nitrogen functional groups attached to an aromatic ring is 1. The number of carbonyl (C=O) groups excluding carboxylic acids is 5. The van der Waals surface area contributed by atoms with Gasteiger partial charge in [0.05, 0.1) is 30.0 Å². The van der Waals surface area contributed by atoms with Crippen molar-refractivity contribution in [2.45, 2.75) is 87.2 Å². The Morgan fingerprint density at radius 3 is 1.88 bits per heavy atom. The van der Waals surface area contributed by atoms with Gasteiger partial charge in [-0.25, -0.2) is 14.6 Å². The summed E-state index contributed by atoms with van der Waals surface area (Å²) in [4.78, 5) is 83.3. The molecule has 0 saturated carbocycles. The number of aromatic nitrogens is 1. The summed E-state index contributed by atoms with van der Waals surface area (Å²) in [7, 11) is 0. The zero-order chi connectivity index (χ0) is 36.0. The summed E-state index contributed by atoms with van der Waals surface area (Å²) in [5.41, 5.74) is 5.21. The van der Waals surface area contributed by atoms with E-state index in [2.05, 4.69) is 20.9 Å². The number of nitrogens with zero attached hydrogens (tertiary/aromatic N) is 1. The summed E-state index contributed by atoms with van der Waals surface area (Å²) in [6.45, 7) is 15.4. The molecule has 0 fully saturated rings. The zero-order valence-electron chi connectivity index (χ0n) is 28.9. The summed E-state index contributed by atoms with van der Waals surface area (Å²) in [6, 6.07) is -0.666. The quantitative estimate of drug-likeness (QED) is 0.117. The fraction of sp³-hybridized carbons (Fsp3) is 0.500. The van der Waals surface area contributed by atoms with Gasteiger partial charge in [-0.15, -0.1) is 0 Å². The van der Waals surface area contributed by atoms with E-state index in [0.29, 0.717) is 5.56 Å². The van der Waals surface area contributed by atoms with Crippen molar-refractivity contribution < 1.29 is 37.9 Å². The van der Waals surface area contributed by atoms with Crippen molar-refractivity contribution in [1.29, 1.82) is 0 Å². The van der Waals surface area contributed by atoms with Crippen molar-refractivity contribution in [3.63, 3.8) is 0 Å². The highest BCUT2D eigenvalue weighted by atomic mass is 16.5. The monoisotopic (exact) mass is 667 g/mol. The van der Waals surface area contributed by atoms with Crippen molar-refractivity contribution >= 4 is 52.1 Å². The minimum absolute atomic E-state index is 0.00469. The molecule has 0 spiro atoms. The lowest BCUT2D eigenvalue weighted by molar-refractivity contribution is -0.146. The third kappa shape index (κ3) is 8.28. The average Bonchev–Trinajstić information content (AvgIpc) is 2.99. The molecule has 1 aromatic carbocycles. The number of nitrogens with one attached hydrogen (secondary N) is 3. The van der Waals surface area contributed by atoms with Crippen molar-refractivity contribution in [2.75, 3.05) is 24.3 Å². The highest BCUT2D eigenvalue weighted by molar-refractivity contribution is 6.11. The first-order valence-electron chi connectivity index (χ1n) is 15.9. The summed E-state index contributed by atoms with van der Waals surface area (Å²) in [6.07, 6.45) is 0.519. The minimum Gasteiger partial charge on any atom is -0.464 e. The number of hydrogen-bond acceptors (Lipinski definition) is 11. The summed E-state index contributed by atoms with van der Waals surface area (Å²) >= 11 is 0. The molecule has 0 unspecified atom stereocenters. The minimum atomic E-state index is -1.05.